The second-order valence-electron chi connectivity index (χ2n) is 4.64. The third-order valence-corrected chi connectivity index (χ3v) is 3.60. The van der Waals surface area contributed by atoms with Crippen LogP contribution >= 0.6 is 11.6 Å². The van der Waals surface area contributed by atoms with Crippen molar-refractivity contribution in [1.82, 2.24) is 4.90 Å². The highest BCUT2D eigenvalue weighted by atomic mass is 35.5. The number of likely N-dealkylation sites (tertiary alicyclic amines) is 1. The van der Waals surface area contributed by atoms with Gasteiger partial charge in [-0.05, 0) is 18.9 Å². The van der Waals surface area contributed by atoms with Gasteiger partial charge >= 0.3 is 0 Å². The third kappa shape index (κ3) is 2.89. The Morgan fingerprint density at radius 1 is 1.55 bits per heavy atom. The van der Waals surface area contributed by atoms with Gasteiger partial charge in [0.15, 0.2) is 0 Å². The van der Waals surface area contributed by atoms with Gasteiger partial charge in [0.1, 0.15) is 0 Å². The number of nitro benzene ring substituents is 1. The van der Waals surface area contributed by atoms with Gasteiger partial charge in [-0.15, -0.1) is 0 Å². The summed E-state index contributed by atoms with van der Waals surface area (Å²) in [6.45, 7) is 0.951. The van der Waals surface area contributed by atoms with Crippen LogP contribution in [0.1, 0.15) is 23.2 Å². The molecule has 1 heterocycles. The summed E-state index contributed by atoms with van der Waals surface area (Å²) in [7, 11) is 0. The number of nitriles is 1. The van der Waals surface area contributed by atoms with Gasteiger partial charge in [-0.2, -0.15) is 5.26 Å². The van der Waals surface area contributed by atoms with Crippen LogP contribution in [-0.4, -0.2) is 28.8 Å². The van der Waals surface area contributed by atoms with Crippen LogP contribution in [-0.2, 0) is 0 Å². The largest absolute Gasteiger partial charge is 0.337 e. The molecule has 2 rings (SSSR count). The molecule has 1 aliphatic heterocycles. The van der Waals surface area contributed by atoms with E-state index in [4.69, 9.17) is 16.9 Å². The van der Waals surface area contributed by atoms with Crippen molar-refractivity contribution in [2.24, 2.45) is 5.92 Å². The summed E-state index contributed by atoms with van der Waals surface area (Å²) in [6, 6.07) is 5.94. The second kappa shape index (κ2) is 5.88. The zero-order valence-electron chi connectivity index (χ0n) is 10.6. The fraction of sp³-hybridized carbons (Fsp3) is 0.385. The molecule has 1 aromatic carbocycles. The van der Waals surface area contributed by atoms with Crippen LogP contribution < -0.4 is 0 Å². The van der Waals surface area contributed by atoms with E-state index in [9.17, 15) is 14.9 Å². The average Bonchev–Trinajstić information content (AvgIpc) is 2.46. The first kappa shape index (κ1) is 14.3. The highest BCUT2D eigenvalue weighted by molar-refractivity contribution is 6.34. The van der Waals surface area contributed by atoms with Crippen molar-refractivity contribution in [1.29, 1.82) is 5.26 Å². The quantitative estimate of drug-likeness (QED) is 0.619. The molecule has 0 aromatic heterocycles. The summed E-state index contributed by atoms with van der Waals surface area (Å²) in [5, 5.41) is 19.6. The molecule has 0 N–H and O–H groups in total. The Morgan fingerprint density at radius 3 is 2.90 bits per heavy atom. The summed E-state index contributed by atoms with van der Waals surface area (Å²) >= 11 is 5.94. The Kier molecular flexibility index (Phi) is 4.20. The van der Waals surface area contributed by atoms with Crippen molar-refractivity contribution >= 4 is 23.2 Å². The lowest BCUT2D eigenvalue weighted by Gasteiger charge is -2.29. The predicted molar refractivity (Wildman–Crippen MR) is 72.3 cm³/mol. The molecule has 0 bridgehead atoms. The zero-order chi connectivity index (χ0) is 14.7. The summed E-state index contributed by atoms with van der Waals surface area (Å²) in [6.07, 6.45) is 1.56. The maximum atomic E-state index is 12.3. The maximum Gasteiger partial charge on any atom is 0.270 e. The molecule has 1 aromatic rings. The molecule has 1 aliphatic rings. The number of benzene rings is 1. The van der Waals surface area contributed by atoms with E-state index >= 15 is 0 Å². The number of carbonyl (C=O) groups excluding carboxylic acids is 1. The Labute approximate surface area is 120 Å². The lowest BCUT2D eigenvalue weighted by molar-refractivity contribution is -0.384. The highest BCUT2D eigenvalue weighted by Gasteiger charge is 2.26. The second-order valence-corrected chi connectivity index (χ2v) is 5.05. The van der Waals surface area contributed by atoms with Gasteiger partial charge in [0, 0.05) is 25.2 Å². The van der Waals surface area contributed by atoms with Crippen molar-refractivity contribution in [2.75, 3.05) is 13.1 Å². The molecule has 0 radical (unpaired) electrons. The number of halogens is 1. The molecule has 1 atom stereocenters. The number of hydrogen-bond donors (Lipinski definition) is 0. The Bertz CT molecular complexity index is 597. The van der Waals surface area contributed by atoms with Crippen LogP contribution in [0.5, 0.6) is 0 Å². The summed E-state index contributed by atoms with van der Waals surface area (Å²) in [4.78, 5) is 24.0. The monoisotopic (exact) mass is 293 g/mol. The van der Waals surface area contributed by atoms with Crippen LogP contribution in [0.25, 0.3) is 0 Å². The van der Waals surface area contributed by atoms with Crippen LogP contribution in [0.4, 0.5) is 5.69 Å². The molecule has 7 heteroatoms. The SMILES string of the molecule is N#CC1CCCN(C(=O)c2ccc([N+](=O)[O-])cc2Cl)C1. The minimum atomic E-state index is -0.563. The van der Waals surface area contributed by atoms with Crippen molar-refractivity contribution in [3.05, 3.63) is 38.9 Å². The molecule has 6 nitrogen and oxygen atoms in total. The number of nitrogens with zero attached hydrogens (tertiary/aromatic N) is 3. The van der Waals surface area contributed by atoms with Gasteiger partial charge in [0.05, 0.1) is 27.5 Å². The molecule has 104 valence electrons. The fourth-order valence-corrected chi connectivity index (χ4v) is 2.48. The molecular formula is C13H12ClN3O3. The molecule has 20 heavy (non-hydrogen) atoms. The van der Waals surface area contributed by atoms with Crippen LogP contribution in [0, 0.1) is 27.4 Å². The van der Waals surface area contributed by atoms with Crippen LogP contribution in [0.15, 0.2) is 18.2 Å². The number of piperidine rings is 1. The first-order valence-electron chi connectivity index (χ1n) is 6.15. The summed E-state index contributed by atoms with van der Waals surface area (Å²) < 4.78 is 0. The van der Waals surface area contributed by atoms with E-state index in [1.54, 1.807) is 4.90 Å². The lowest BCUT2D eigenvalue weighted by atomic mass is 9.99. The topological polar surface area (TPSA) is 87.2 Å². The van der Waals surface area contributed by atoms with E-state index in [0.29, 0.717) is 13.1 Å². The molecule has 0 spiro atoms. The zero-order valence-corrected chi connectivity index (χ0v) is 11.3. The number of non-ortho nitro benzene ring substituents is 1. The van der Waals surface area contributed by atoms with E-state index in [2.05, 4.69) is 6.07 Å². The Balaban J connectivity index is 2.21. The number of rotatable bonds is 2. The number of carbonyl (C=O) groups is 1. The van der Waals surface area contributed by atoms with Crippen LogP contribution in [0.3, 0.4) is 0 Å². The van der Waals surface area contributed by atoms with Gasteiger partial charge < -0.3 is 4.90 Å². The van der Waals surface area contributed by atoms with Crippen molar-refractivity contribution in [3.8, 4) is 6.07 Å². The lowest BCUT2D eigenvalue weighted by Crippen LogP contribution is -2.39. The normalized spacial score (nSPS) is 18.4. The summed E-state index contributed by atoms with van der Waals surface area (Å²) in [5.74, 6) is -0.450. The van der Waals surface area contributed by atoms with Gasteiger partial charge in [-0.25, -0.2) is 0 Å². The minimum Gasteiger partial charge on any atom is -0.337 e. The molecule has 1 unspecified atom stereocenters. The van der Waals surface area contributed by atoms with Crippen LogP contribution in [0.2, 0.25) is 5.02 Å². The summed E-state index contributed by atoms with van der Waals surface area (Å²) in [5.41, 5.74) is 0.0796. The van der Waals surface area contributed by atoms with Crippen molar-refractivity contribution in [3.63, 3.8) is 0 Å². The predicted octanol–water partition coefficient (Wildman–Crippen LogP) is 2.62. The van der Waals surface area contributed by atoms with Crippen molar-refractivity contribution in [2.45, 2.75) is 12.8 Å². The standard InChI is InChI=1S/C13H12ClN3O3/c14-12-6-10(17(19)20)3-4-11(12)13(18)16-5-1-2-9(7-15)8-16/h3-4,6,9H,1-2,5,8H2. The molecule has 1 fully saturated rings. The van der Waals surface area contributed by atoms with Crippen molar-refractivity contribution < 1.29 is 9.72 Å². The smallest absolute Gasteiger partial charge is 0.270 e. The number of hydrogen-bond acceptors (Lipinski definition) is 4. The van der Waals surface area contributed by atoms with E-state index in [0.717, 1.165) is 12.8 Å². The van der Waals surface area contributed by atoms with E-state index in [1.165, 1.54) is 18.2 Å². The molecule has 1 saturated heterocycles. The Morgan fingerprint density at radius 2 is 2.30 bits per heavy atom. The molecule has 0 aliphatic carbocycles. The minimum absolute atomic E-state index is 0.0586. The maximum absolute atomic E-state index is 12.3. The van der Waals surface area contributed by atoms with E-state index in [1.807, 2.05) is 0 Å². The number of nitro groups is 1. The third-order valence-electron chi connectivity index (χ3n) is 3.29. The molecular weight excluding hydrogens is 282 g/mol. The molecule has 0 saturated carbocycles. The van der Waals surface area contributed by atoms with Gasteiger partial charge in [-0.1, -0.05) is 11.6 Å². The highest BCUT2D eigenvalue weighted by Crippen LogP contribution is 2.25. The van der Waals surface area contributed by atoms with Gasteiger partial charge in [-0.3, -0.25) is 14.9 Å². The van der Waals surface area contributed by atoms with E-state index < -0.39 is 4.92 Å². The molecule has 1 amide bonds. The number of amides is 1. The van der Waals surface area contributed by atoms with E-state index in [-0.39, 0.29) is 28.1 Å². The first-order valence-corrected chi connectivity index (χ1v) is 6.53. The average molecular weight is 294 g/mol. The fourth-order valence-electron chi connectivity index (χ4n) is 2.23. The first-order chi connectivity index (χ1) is 9.52. The van der Waals surface area contributed by atoms with Gasteiger partial charge in [0.2, 0.25) is 0 Å². The van der Waals surface area contributed by atoms with Gasteiger partial charge in [0.25, 0.3) is 11.6 Å². The Hall–Kier alpha value is -2.13.